The molecular formula is C18H18Cl2N2O2S2. The van der Waals surface area contributed by atoms with Crippen LogP contribution in [0.3, 0.4) is 0 Å². The lowest BCUT2D eigenvalue weighted by atomic mass is 9.95. The van der Waals surface area contributed by atoms with Gasteiger partial charge in [0.1, 0.15) is 5.00 Å². The van der Waals surface area contributed by atoms with E-state index in [1.807, 2.05) is 6.07 Å². The summed E-state index contributed by atoms with van der Waals surface area (Å²) in [5.41, 5.74) is 2.60. The molecule has 2 aromatic rings. The average Bonchev–Trinajstić information content (AvgIpc) is 2.98. The number of halogens is 2. The van der Waals surface area contributed by atoms with E-state index in [2.05, 4.69) is 10.6 Å². The highest BCUT2D eigenvalue weighted by molar-refractivity contribution is 7.80. The minimum Gasteiger partial charge on any atom is -0.465 e. The van der Waals surface area contributed by atoms with Gasteiger partial charge in [0.15, 0.2) is 5.11 Å². The van der Waals surface area contributed by atoms with Crippen LogP contribution in [0.2, 0.25) is 10.0 Å². The molecule has 1 aromatic carbocycles. The standard InChI is InChI=1S/C18H18Cl2N2O2S2/c1-24-17(23)15-12-4-2-3-5-14(12)26-16(15)22-18(25)21-9-10-6-7-11(19)8-13(10)20/h6-8H,2-5,9H2,1H3,(H2,21,22,25). The molecule has 0 saturated carbocycles. The molecular weight excluding hydrogens is 411 g/mol. The number of hydrogen-bond acceptors (Lipinski definition) is 4. The molecule has 0 bridgehead atoms. The van der Waals surface area contributed by atoms with E-state index in [1.54, 1.807) is 23.5 Å². The van der Waals surface area contributed by atoms with Crippen molar-refractivity contribution in [2.75, 3.05) is 12.4 Å². The van der Waals surface area contributed by atoms with Crippen molar-refractivity contribution in [1.82, 2.24) is 5.32 Å². The summed E-state index contributed by atoms with van der Waals surface area (Å²) in [6, 6.07) is 5.33. The molecule has 1 heterocycles. The Hall–Kier alpha value is -1.34. The molecule has 0 fully saturated rings. The first-order chi connectivity index (χ1) is 12.5. The summed E-state index contributed by atoms with van der Waals surface area (Å²) in [6.07, 6.45) is 4.13. The zero-order chi connectivity index (χ0) is 18.7. The molecule has 0 radical (unpaired) electrons. The number of thiophene rings is 1. The number of thiocarbonyl (C=S) groups is 1. The van der Waals surface area contributed by atoms with E-state index in [4.69, 9.17) is 40.2 Å². The van der Waals surface area contributed by atoms with Gasteiger partial charge in [-0.3, -0.25) is 0 Å². The molecule has 8 heteroatoms. The summed E-state index contributed by atoms with van der Waals surface area (Å²) in [6.45, 7) is 0.459. The SMILES string of the molecule is COC(=O)c1c(NC(=S)NCc2ccc(Cl)cc2Cl)sc2c1CCCC2. The molecule has 0 saturated heterocycles. The lowest BCUT2D eigenvalue weighted by Crippen LogP contribution is -2.28. The third-order valence-electron chi connectivity index (χ3n) is 4.24. The number of ether oxygens (including phenoxy) is 1. The van der Waals surface area contributed by atoms with Gasteiger partial charge in [0.25, 0.3) is 0 Å². The topological polar surface area (TPSA) is 50.4 Å². The van der Waals surface area contributed by atoms with Crippen molar-refractivity contribution in [3.05, 3.63) is 49.8 Å². The molecule has 0 amide bonds. The highest BCUT2D eigenvalue weighted by atomic mass is 35.5. The molecule has 3 rings (SSSR count). The van der Waals surface area contributed by atoms with Gasteiger partial charge >= 0.3 is 5.97 Å². The van der Waals surface area contributed by atoms with E-state index in [0.717, 1.165) is 41.8 Å². The number of carbonyl (C=O) groups is 1. The molecule has 0 unspecified atom stereocenters. The summed E-state index contributed by atoms with van der Waals surface area (Å²) in [5.74, 6) is -0.324. The Balaban J connectivity index is 1.72. The van der Waals surface area contributed by atoms with E-state index in [1.165, 1.54) is 12.0 Å². The predicted molar refractivity (Wildman–Crippen MR) is 112 cm³/mol. The van der Waals surface area contributed by atoms with Crippen molar-refractivity contribution >= 4 is 62.8 Å². The van der Waals surface area contributed by atoms with E-state index >= 15 is 0 Å². The van der Waals surface area contributed by atoms with Crippen LogP contribution in [-0.4, -0.2) is 18.2 Å². The molecule has 0 aliphatic heterocycles. The summed E-state index contributed by atoms with van der Waals surface area (Å²) in [7, 11) is 1.40. The minimum atomic E-state index is -0.324. The van der Waals surface area contributed by atoms with Crippen LogP contribution in [0.25, 0.3) is 0 Å². The second kappa shape index (κ2) is 8.57. The lowest BCUT2D eigenvalue weighted by Gasteiger charge is -2.13. The van der Waals surface area contributed by atoms with Gasteiger partial charge < -0.3 is 15.4 Å². The Morgan fingerprint density at radius 1 is 1.31 bits per heavy atom. The minimum absolute atomic E-state index is 0.324. The third kappa shape index (κ3) is 4.31. The molecule has 4 nitrogen and oxygen atoms in total. The molecule has 26 heavy (non-hydrogen) atoms. The Kier molecular flexibility index (Phi) is 6.40. The molecule has 1 aliphatic carbocycles. The van der Waals surface area contributed by atoms with Crippen molar-refractivity contribution in [2.24, 2.45) is 0 Å². The average molecular weight is 429 g/mol. The van der Waals surface area contributed by atoms with Gasteiger partial charge in [-0.15, -0.1) is 11.3 Å². The Morgan fingerprint density at radius 3 is 2.81 bits per heavy atom. The molecule has 1 aliphatic rings. The summed E-state index contributed by atoms with van der Waals surface area (Å²) in [4.78, 5) is 13.5. The van der Waals surface area contributed by atoms with Crippen molar-refractivity contribution in [3.8, 4) is 0 Å². The van der Waals surface area contributed by atoms with E-state index in [-0.39, 0.29) is 5.97 Å². The smallest absolute Gasteiger partial charge is 0.341 e. The van der Waals surface area contributed by atoms with Crippen LogP contribution in [0.5, 0.6) is 0 Å². The fraction of sp³-hybridized carbons (Fsp3) is 0.333. The summed E-state index contributed by atoms with van der Waals surface area (Å²) in [5, 5.41) is 8.61. The number of benzene rings is 1. The van der Waals surface area contributed by atoms with Crippen LogP contribution >= 0.6 is 46.8 Å². The van der Waals surface area contributed by atoms with E-state index in [9.17, 15) is 4.79 Å². The first-order valence-electron chi connectivity index (χ1n) is 8.21. The fourth-order valence-corrected chi connectivity index (χ4v) is 4.96. The number of aryl methyl sites for hydroxylation is 1. The van der Waals surface area contributed by atoms with Gasteiger partial charge in [-0.25, -0.2) is 4.79 Å². The normalized spacial score (nSPS) is 13.0. The first-order valence-corrected chi connectivity index (χ1v) is 10.2. The quantitative estimate of drug-likeness (QED) is 0.517. The second-order valence-electron chi connectivity index (χ2n) is 5.95. The number of anilines is 1. The molecule has 138 valence electrons. The maximum atomic E-state index is 12.3. The number of rotatable bonds is 4. The van der Waals surface area contributed by atoms with Crippen LogP contribution in [-0.2, 0) is 24.1 Å². The summed E-state index contributed by atoms with van der Waals surface area (Å²) >= 11 is 19.1. The maximum Gasteiger partial charge on any atom is 0.341 e. The molecule has 0 atom stereocenters. The Labute approximate surface area is 171 Å². The van der Waals surface area contributed by atoms with Crippen LogP contribution in [0.4, 0.5) is 5.00 Å². The predicted octanol–water partition coefficient (Wildman–Crippen LogP) is 5.21. The largest absolute Gasteiger partial charge is 0.465 e. The van der Waals surface area contributed by atoms with Gasteiger partial charge in [-0.1, -0.05) is 29.3 Å². The second-order valence-corrected chi connectivity index (χ2v) is 8.31. The number of esters is 1. The first kappa shape index (κ1) is 19.4. The van der Waals surface area contributed by atoms with Gasteiger partial charge in [0.05, 0.1) is 12.7 Å². The van der Waals surface area contributed by atoms with Crippen LogP contribution in [0.15, 0.2) is 18.2 Å². The number of methoxy groups -OCH3 is 1. The van der Waals surface area contributed by atoms with E-state index < -0.39 is 0 Å². The van der Waals surface area contributed by atoms with Crippen molar-refractivity contribution in [2.45, 2.75) is 32.2 Å². The highest BCUT2D eigenvalue weighted by Crippen LogP contribution is 2.38. The molecule has 0 spiro atoms. The van der Waals surface area contributed by atoms with Gasteiger partial charge in [0.2, 0.25) is 0 Å². The number of fused-ring (bicyclic) bond motifs is 1. The van der Waals surface area contributed by atoms with Gasteiger partial charge in [0, 0.05) is 21.5 Å². The van der Waals surface area contributed by atoms with Gasteiger partial charge in [-0.05, 0) is 61.2 Å². The molecule has 1 aromatic heterocycles. The lowest BCUT2D eigenvalue weighted by molar-refractivity contribution is 0.0601. The zero-order valence-electron chi connectivity index (χ0n) is 14.2. The van der Waals surface area contributed by atoms with Crippen molar-refractivity contribution in [3.63, 3.8) is 0 Å². The van der Waals surface area contributed by atoms with Crippen molar-refractivity contribution in [1.29, 1.82) is 0 Å². The number of carbonyl (C=O) groups excluding carboxylic acids is 1. The van der Waals surface area contributed by atoms with E-state index in [0.29, 0.717) is 27.3 Å². The monoisotopic (exact) mass is 428 g/mol. The summed E-state index contributed by atoms with van der Waals surface area (Å²) < 4.78 is 4.97. The Morgan fingerprint density at radius 2 is 2.08 bits per heavy atom. The fourth-order valence-electron chi connectivity index (χ4n) is 2.96. The van der Waals surface area contributed by atoms with Crippen LogP contribution < -0.4 is 10.6 Å². The highest BCUT2D eigenvalue weighted by Gasteiger charge is 2.26. The number of nitrogens with one attached hydrogen (secondary N) is 2. The van der Waals surface area contributed by atoms with Gasteiger partial charge in [-0.2, -0.15) is 0 Å². The zero-order valence-corrected chi connectivity index (χ0v) is 17.3. The Bertz CT molecular complexity index is 852. The van der Waals surface area contributed by atoms with Crippen molar-refractivity contribution < 1.29 is 9.53 Å². The maximum absolute atomic E-state index is 12.3. The third-order valence-corrected chi connectivity index (χ3v) is 6.28. The number of hydrogen-bond donors (Lipinski definition) is 2. The van der Waals surface area contributed by atoms with Crippen LogP contribution in [0.1, 0.15) is 39.2 Å². The van der Waals surface area contributed by atoms with Crippen LogP contribution in [0, 0.1) is 0 Å². The molecule has 2 N–H and O–H groups in total.